The highest BCUT2D eigenvalue weighted by atomic mass is 32.1. The number of hydrogen-bond acceptors (Lipinski definition) is 6. The first kappa shape index (κ1) is 15.9. The van der Waals surface area contributed by atoms with Gasteiger partial charge >= 0.3 is 0 Å². The second-order valence-corrected chi connectivity index (χ2v) is 6.25. The lowest BCUT2D eigenvalue weighted by atomic mass is 10.1. The number of carbonyl (C=O) groups excluding carboxylic acids is 1. The zero-order valence-electron chi connectivity index (χ0n) is 12.9. The smallest absolute Gasteiger partial charge is 0.270 e. The molecule has 8 heteroatoms. The quantitative estimate of drug-likeness (QED) is 0.575. The Morgan fingerprint density at radius 2 is 2.08 bits per heavy atom. The average Bonchev–Trinajstić information content (AvgIpc) is 2.93. The number of nitrogens with zero attached hydrogens (tertiary/aromatic N) is 2. The van der Waals surface area contributed by atoms with Gasteiger partial charge in [-0.3, -0.25) is 14.9 Å². The van der Waals surface area contributed by atoms with Crippen LogP contribution in [-0.4, -0.2) is 22.9 Å². The van der Waals surface area contributed by atoms with Crippen LogP contribution in [0.5, 0.6) is 5.75 Å². The van der Waals surface area contributed by atoms with Gasteiger partial charge in [-0.05, 0) is 31.2 Å². The first-order valence-electron chi connectivity index (χ1n) is 6.99. The Kier molecular flexibility index (Phi) is 4.13. The molecule has 0 spiro atoms. The van der Waals surface area contributed by atoms with E-state index < -0.39 is 10.8 Å². The maximum Gasteiger partial charge on any atom is 0.270 e. The van der Waals surface area contributed by atoms with Gasteiger partial charge in [-0.2, -0.15) is 0 Å². The fraction of sp³-hybridized carbons (Fsp3) is 0.125. The second-order valence-electron chi connectivity index (χ2n) is 5.01. The number of aromatic nitrogens is 1. The number of non-ortho nitro benzene ring substituents is 1. The summed E-state index contributed by atoms with van der Waals surface area (Å²) in [5, 5.41) is 14.6. The predicted molar refractivity (Wildman–Crippen MR) is 92.0 cm³/mol. The van der Waals surface area contributed by atoms with Gasteiger partial charge in [-0.15, -0.1) is 11.3 Å². The molecule has 0 aliphatic heterocycles. The molecular formula is C16H13N3O4S. The van der Waals surface area contributed by atoms with Crippen molar-refractivity contribution in [2.45, 2.75) is 6.92 Å². The van der Waals surface area contributed by atoms with E-state index in [1.165, 1.54) is 36.6 Å². The normalized spacial score (nSPS) is 10.6. The van der Waals surface area contributed by atoms with Crippen LogP contribution < -0.4 is 10.1 Å². The number of anilines is 1. The molecule has 1 amide bonds. The molecule has 0 aliphatic rings. The SMILES string of the molecule is COc1ccc([N+](=O)[O-])cc1C(=O)Nc1ccc2nc(C)sc2c1. The lowest BCUT2D eigenvalue weighted by Gasteiger charge is -2.09. The van der Waals surface area contributed by atoms with Crippen LogP contribution in [0.1, 0.15) is 15.4 Å². The van der Waals surface area contributed by atoms with Gasteiger partial charge < -0.3 is 10.1 Å². The van der Waals surface area contributed by atoms with Crippen LogP contribution in [0.2, 0.25) is 0 Å². The van der Waals surface area contributed by atoms with E-state index >= 15 is 0 Å². The van der Waals surface area contributed by atoms with Crippen molar-refractivity contribution in [2.24, 2.45) is 0 Å². The van der Waals surface area contributed by atoms with Gasteiger partial charge in [0.15, 0.2) is 0 Å². The first-order valence-corrected chi connectivity index (χ1v) is 7.80. The van der Waals surface area contributed by atoms with Crippen LogP contribution in [0, 0.1) is 17.0 Å². The van der Waals surface area contributed by atoms with E-state index in [0.717, 1.165) is 15.2 Å². The largest absolute Gasteiger partial charge is 0.496 e. The number of benzene rings is 2. The van der Waals surface area contributed by atoms with Gasteiger partial charge in [0.05, 0.1) is 32.8 Å². The number of aryl methyl sites for hydroxylation is 1. The van der Waals surface area contributed by atoms with E-state index in [1.54, 1.807) is 6.07 Å². The topological polar surface area (TPSA) is 94.4 Å². The number of amides is 1. The number of thiazole rings is 1. The van der Waals surface area contributed by atoms with Crippen molar-refractivity contribution < 1.29 is 14.5 Å². The molecule has 1 aromatic heterocycles. The van der Waals surface area contributed by atoms with Gasteiger partial charge in [0, 0.05) is 17.8 Å². The summed E-state index contributed by atoms with van der Waals surface area (Å²) in [4.78, 5) is 27.2. The van der Waals surface area contributed by atoms with Crippen molar-refractivity contribution in [1.29, 1.82) is 0 Å². The maximum atomic E-state index is 12.5. The van der Waals surface area contributed by atoms with Gasteiger partial charge in [0.2, 0.25) is 0 Å². The van der Waals surface area contributed by atoms with E-state index in [0.29, 0.717) is 5.69 Å². The Bertz CT molecular complexity index is 952. The van der Waals surface area contributed by atoms with Crippen LogP contribution in [0.3, 0.4) is 0 Å². The van der Waals surface area contributed by atoms with Crippen LogP contribution in [0.25, 0.3) is 10.2 Å². The fourth-order valence-electron chi connectivity index (χ4n) is 2.30. The molecule has 0 saturated heterocycles. The minimum Gasteiger partial charge on any atom is -0.496 e. The Morgan fingerprint density at radius 1 is 1.29 bits per heavy atom. The molecule has 0 radical (unpaired) electrons. The Labute approximate surface area is 141 Å². The predicted octanol–water partition coefficient (Wildman–Crippen LogP) is 3.77. The van der Waals surface area contributed by atoms with E-state index in [9.17, 15) is 14.9 Å². The number of hydrogen-bond donors (Lipinski definition) is 1. The zero-order chi connectivity index (χ0) is 17.3. The molecule has 1 heterocycles. The average molecular weight is 343 g/mol. The van der Waals surface area contributed by atoms with E-state index in [2.05, 4.69) is 10.3 Å². The van der Waals surface area contributed by atoms with Gasteiger partial charge in [-0.25, -0.2) is 4.98 Å². The number of rotatable bonds is 4. The van der Waals surface area contributed by atoms with E-state index in [1.807, 2.05) is 19.1 Å². The highest BCUT2D eigenvalue weighted by molar-refractivity contribution is 7.18. The number of nitro groups is 1. The summed E-state index contributed by atoms with van der Waals surface area (Å²) in [5.41, 5.74) is 1.38. The van der Waals surface area contributed by atoms with Crippen molar-refractivity contribution in [1.82, 2.24) is 4.98 Å². The highest BCUT2D eigenvalue weighted by Crippen LogP contribution is 2.27. The van der Waals surface area contributed by atoms with Crippen molar-refractivity contribution in [3.8, 4) is 5.75 Å². The summed E-state index contributed by atoms with van der Waals surface area (Å²) in [7, 11) is 1.41. The minimum atomic E-state index is -0.553. The molecule has 0 unspecified atom stereocenters. The molecule has 3 aromatic rings. The lowest BCUT2D eigenvalue weighted by molar-refractivity contribution is -0.384. The number of fused-ring (bicyclic) bond motifs is 1. The molecule has 0 atom stereocenters. The van der Waals surface area contributed by atoms with Gasteiger partial charge in [0.1, 0.15) is 5.75 Å². The number of methoxy groups -OCH3 is 1. The van der Waals surface area contributed by atoms with Crippen LogP contribution in [0.15, 0.2) is 36.4 Å². The van der Waals surface area contributed by atoms with Crippen LogP contribution in [-0.2, 0) is 0 Å². The summed E-state index contributed by atoms with van der Waals surface area (Å²) in [6.45, 7) is 1.91. The third-order valence-corrected chi connectivity index (χ3v) is 4.33. The third-order valence-electron chi connectivity index (χ3n) is 3.39. The van der Waals surface area contributed by atoms with Crippen molar-refractivity contribution in [3.05, 3.63) is 57.1 Å². The molecule has 0 saturated carbocycles. The number of ether oxygens (including phenoxy) is 1. The molecule has 122 valence electrons. The van der Waals surface area contributed by atoms with Gasteiger partial charge in [-0.1, -0.05) is 0 Å². The molecule has 3 rings (SSSR count). The molecule has 0 fully saturated rings. The summed E-state index contributed by atoms with van der Waals surface area (Å²) >= 11 is 1.53. The van der Waals surface area contributed by atoms with Crippen molar-refractivity contribution >= 4 is 38.8 Å². The summed E-state index contributed by atoms with van der Waals surface area (Å²) in [6, 6.07) is 9.28. The monoisotopic (exact) mass is 343 g/mol. The Hall–Kier alpha value is -3.00. The first-order chi connectivity index (χ1) is 11.5. The maximum absolute atomic E-state index is 12.5. The second kappa shape index (κ2) is 6.25. The lowest BCUT2D eigenvalue weighted by Crippen LogP contribution is -2.13. The third kappa shape index (κ3) is 3.04. The number of nitro benzene ring substituents is 1. The molecule has 24 heavy (non-hydrogen) atoms. The summed E-state index contributed by atoms with van der Waals surface area (Å²) < 4.78 is 6.08. The van der Waals surface area contributed by atoms with Crippen molar-refractivity contribution in [3.63, 3.8) is 0 Å². The summed E-state index contributed by atoms with van der Waals surface area (Å²) in [6.07, 6.45) is 0. The zero-order valence-corrected chi connectivity index (χ0v) is 13.7. The summed E-state index contributed by atoms with van der Waals surface area (Å²) in [5.74, 6) is -0.205. The Balaban J connectivity index is 1.92. The van der Waals surface area contributed by atoms with Crippen molar-refractivity contribution in [2.75, 3.05) is 12.4 Å². The molecule has 0 bridgehead atoms. The number of carbonyl (C=O) groups is 1. The van der Waals surface area contributed by atoms with E-state index in [-0.39, 0.29) is 17.0 Å². The molecule has 2 aromatic carbocycles. The molecular weight excluding hydrogens is 330 g/mol. The minimum absolute atomic E-state index is 0.104. The van der Waals surface area contributed by atoms with Gasteiger partial charge in [0.25, 0.3) is 11.6 Å². The standard InChI is InChI=1S/C16H13N3O4S/c1-9-17-13-5-3-10(7-15(13)24-9)18-16(20)12-8-11(19(21)22)4-6-14(12)23-2/h3-8H,1-2H3,(H,18,20). The Morgan fingerprint density at radius 3 is 2.79 bits per heavy atom. The molecule has 1 N–H and O–H groups in total. The number of nitrogens with one attached hydrogen (secondary N) is 1. The molecule has 0 aliphatic carbocycles. The van der Waals surface area contributed by atoms with Crippen LogP contribution >= 0.6 is 11.3 Å². The van der Waals surface area contributed by atoms with Crippen LogP contribution in [0.4, 0.5) is 11.4 Å². The molecule has 7 nitrogen and oxygen atoms in total. The highest BCUT2D eigenvalue weighted by Gasteiger charge is 2.18. The van der Waals surface area contributed by atoms with E-state index in [4.69, 9.17) is 4.74 Å². The fourth-order valence-corrected chi connectivity index (χ4v) is 3.17.